The summed E-state index contributed by atoms with van der Waals surface area (Å²) in [4.78, 5) is 17.9. The summed E-state index contributed by atoms with van der Waals surface area (Å²) in [6.45, 7) is 0.384. The second-order valence-electron chi connectivity index (χ2n) is 7.86. The predicted octanol–water partition coefficient (Wildman–Crippen LogP) is 6.51. The lowest BCUT2D eigenvalue weighted by atomic mass is 10.2. The number of fused-ring (bicyclic) bond motifs is 1. The second kappa shape index (κ2) is 11.1. The molecule has 0 radical (unpaired) electrons. The summed E-state index contributed by atoms with van der Waals surface area (Å²) in [6, 6.07) is 24.6. The van der Waals surface area contributed by atoms with Gasteiger partial charge in [0.25, 0.3) is 0 Å². The Kier molecular flexibility index (Phi) is 7.50. The molecule has 1 aromatic heterocycles. The summed E-state index contributed by atoms with van der Waals surface area (Å²) < 4.78 is 5.78. The number of rotatable bonds is 6. The molecular weight excluding hydrogens is 514 g/mol. The van der Waals surface area contributed by atoms with Crippen molar-refractivity contribution < 1.29 is 9.53 Å². The molecule has 0 saturated heterocycles. The molecule has 1 unspecified atom stereocenters. The molecule has 0 spiro atoms. The molecule has 0 bridgehead atoms. The highest BCUT2D eigenvalue weighted by Crippen LogP contribution is 2.39. The lowest BCUT2D eigenvalue weighted by Gasteiger charge is -2.17. The first kappa shape index (κ1) is 24.3. The van der Waals surface area contributed by atoms with Crippen molar-refractivity contribution >= 4 is 57.2 Å². The van der Waals surface area contributed by atoms with Gasteiger partial charge >= 0.3 is 6.03 Å². The molecule has 0 fully saturated rings. The molecule has 1 aliphatic heterocycles. The first-order chi connectivity index (χ1) is 17.5. The molecule has 2 heterocycles. The van der Waals surface area contributed by atoms with Gasteiger partial charge in [0.1, 0.15) is 16.2 Å². The van der Waals surface area contributed by atoms with Gasteiger partial charge in [0.15, 0.2) is 5.17 Å². The van der Waals surface area contributed by atoms with Crippen LogP contribution < -0.4 is 15.4 Å². The maximum atomic E-state index is 12.5. The number of hydrazone groups is 1. The summed E-state index contributed by atoms with van der Waals surface area (Å²) in [7, 11) is 1.89. The van der Waals surface area contributed by atoms with Crippen LogP contribution in [0, 0.1) is 0 Å². The Labute approximate surface area is 222 Å². The number of carbonyl (C=O) groups excluding carboxylic acids is 1. The molecular formula is C26H22ClN5O2S2. The highest BCUT2D eigenvalue weighted by atomic mass is 35.5. The molecule has 3 aromatic carbocycles. The summed E-state index contributed by atoms with van der Waals surface area (Å²) in [5.74, 6) is 1.52. The molecule has 5 rings (SSSR count). The summed E-state index contributed by atoms with van der Waals surface area (Å²) in [5, 5.41) is 14.2. The normalized spacial score (nSPS) is 15.0. The van der Waals surface area contributed by atoms with Crippen LogP contribution in [0.5, 0.6) is 11.5 Å². The number of hydrogen-bond donors (Lipinski definition) is 2. The summed E-state index contributed by atoms with van der Waals surface area (Å²) in [5.41, 5.74) is 1.80. The summed E-state index contributed by atoms with van der Waals surface area (Å²) in [6.07, 6.45) is 1.77. The van der Waals surface area contributed by atoms with Crippen molar-refractivity contribution in [1.82, 2.24) is 20.6 Å². The van der Waals surface area contributed by atoms with Crippen LogP contribution in [0.15, 0.2) is 95.1 Å². The Morgan fingerprint density at radius 2 is 1.86 bits per heavy atom. The number of amides is 2. The second-order valence-corrected chi connectivity index (χ2v) is 10.8. The van der Waals surface area contributed by atoms with Crippen LogP contribution in [-0.2, 0) is 6.54 Å². The Morgan fingerprint density at radius 1 is 1.08 bits per heavy atom. The van der Waals surface area contributed by atoms with E-state index >= 15 is 0 Å². The fraction of sp³-hybridized carbons (Fsp3) is 0.115. The lowest BCUT2D eigenvalue weighted by molar-refractivity contribution is 0.245. The fourth-order valence-electron chi connectivity index (χ4n) is 3.47. The van der Waals surface area contributed by atoms with Gasteiger partial charge in [-0.3, -0.25) is 15.3 Å². The highest BCUT2D eigenvalue weighted by Gasteiger charge is 2.27. The number of pyridine rings is 1. The van der Waals surface area contributed by atoms with E-state index in [1.165, 1.54) is 11.8 Å². The minimum atomic E-state index is -0.311. The van der Waals surface area contributed by atoms with Crippen LogP contribution in [0.3, 0.4) is 0 Å². The van der Waals surface area contributed by atoms with E-state index in [1.54, 1.807) is 18.0 Å². The molecule has 10 heteroatoms. The van der Waals surface area contributed by atoms with Crippen LogP contribution in [0.2, 0.25) is 5.02 Å². The van der Waals surface area contributed by atoms with Gasteiger partial charge in [-0.05, 0) is 59.8 Å². The first-order valence-electron chi connectivity index (χ1n) is 11.1. The van der Waals surface area contributed by atoms with Gasteiger partial charge in [-0.2, -0.15) is 5.10 Å². The number of hydrogen-bond acceptors (Lipinski definition) is 7. The van der Waals surface area contributed by atoms with Crippen LogP contribution in [0.4, 0.5) is 4.79 Å². The SMILES string of the molecule is CN1N=C(NC(=O)NCc2ccc(Oc3ccccc3)cc2)SC1Sc1ccnc2cc(Cl)ccc12. The Bertz CT molecular complexity index is 1400. The highest BCUT2D eigenvalue weighted by molar-refractivity contribution is 8.25. The third kappa shape index (κ3) is 6.04. The number of para-hydroxylation sites is 1. The van der Waals surface area contributed by atoms with Crippen molar-refractivity contribution in [3.8, 4) is 11.5 Å². The van der Waals surface area contributed by atoms with Crippen LogP contribution in [0.1, 0.15) is 5.56 Å². The van der Waals surface area contributed by atoms with Gasteiger partial charge < -0.3 is 10.1 Å². The van der Waals surface area contributed by atoms with Crippen molar-refractivity contribution in [2.24, 2.45) is 5.10 Å². The number of benzene rings is 3. The van der Waals surface area contributed by atoms with Crippen molar-refractivity contribution in [3.05, 3.63) is 95.6 Å². The van der Waals surface area contributed by atoms with Gasteiger partial charge in [-0.25, -0.2) is 4.79 Å². The van der Waals surface area contributed by atoms with E-state index < -0.39 is 0 Å². The molecule has 2 amide bonds. The number of thioether (sulfide) groups is 2. The predicted molar refractivity (Wildman–Crippen MR) is 148 cm³/mol. The summed E-state index contributed by atoms with van der Waals surface area (Å²) >= 11 is 9.23. The van der Waals surface area contributed by atoms with Gasteiger partial charge in [0, 0.05) is 35.1 Å². The Balaban J connectivity index is 1.12. The number of nitrogens with one attached hydrogen (secondary N) is 2. The van der Waals surface area contributed by atoms with Gasteiger partial charge in [-0.15, -0.1) is 0 Å². The van der Waals surface area contributed by atoms with Gasteiger partial charge in [-0.1, -0.05) is 59.8 Å². The maximum absolute atomic E-state index is 12.5. The molecule has 36 heavy (non-hydrogen) atoms. The molecule has 1 aliphatic rings. The smallest absolute Gasteiger partial charge is 0.321 e. The van der Waals surface area contributed by atoms with Crippen molar-refractivity contribution in [2.75, 3.05) is 7.05 Å². The number of aromatic nitrogens is 1. The zero-order valence-corrected chi connectivity index (χ0v) is 21.6. The zero-order valence-electron chi connectivity index (χ0n) is 19.2. The van der Waals surface area contributed by atoms with Crippen LogP contribution in [-0.4, -0.2) is 32.9 Å². The van der Waals surface area contributed by atoms with E-state index in [9.17, 15) is 4.79 Å². The number of ether oxygens (including phenoxy) is 1. The van der Waals surface area contributed by atoms with Gasteiger partial charge in [0.2, 0.25) is 0 Å². The van der Waals surface area contributed by atoms with Crippen LogP contribution >= 0.6 is 35.1 Å². The fourth-order valence-corrected chi connectivity index (χ4v) is 5.99. The molecule has 0 saturated carbocycles. The van der Waals surface area contributed by atoms with Crippen molar-refractivity contribution in [1.29, 1.82) is 0 Å². The molecule has 4 aromatic rings. The quantitative estimate of drug-likeness (QED) is 0.293. The lowest BCUT2D eigenvalue weighted by Crippen LogP contribution is -2.37. The third-order valence-corrected chi connectivity index (χ3v) is 8.08. The molecule has 2 N–H and O–H groups in total. The van der Waals surface area contributed by atoms with Crippen LogP contribution in [0.25, 0.3) is 10.9 Å². The minimum absolute atomic E-state index is 0.0289. The van der Waals surface area contributed by atoms with Crippen molar-refractivity contribution in [3.63, 3.8) is 0 Å². The Morgan fingerprint density at radius 3 is 2.67 bits per heavy atom. The molecule has 7 nitrogen and oxygen atoms in total. The number of halogens is 1. The minimum Gasteiger partial charge on any atom is -0.457 e. The van der Waals surface area contributed by atoms with Gasteiger partial charge in [0.05, 0.1) is 5.52 Å². The van der Waals surface area contributed by atoms with E-state index in [0.29, 0.717) is 16.7 Å². The Hall–Kier alpha value is -3.40. The first-order valence-corrected chi connectivity index (χ1v) is 13.2. The largest absolute Gasteiger partial charge is 0.457 e. The van der Waals surface area contributed by atoms with E-state index in [4.69, 9.17) is 16.3 Å². The van der Waals surface area contributed by atoms with E-state index in [2.05, 4.69) is 20.7 Å². The van der Waals surface area contributed by atoms with Crippen molar-refractivity contribution in [2.45, 2.75) is 16.1 Å². The van der Waals surface area contributed by atoms with E-state index in [-0.39, 0.29) is 10.7 Å². The average Bonchev–Trinajstić information content (AvgIpc) is 3.22. The number of amidine groups is 1. The molecule has 1 atom stereocenters. The third-order valence-electron chi connectivity index (χ3n) is 5.23. The van der Waals surface area contributed by atoms with E-state index in [1.807, 2.05) is 90.9 Å². The number of urea groups is 1. The molecule has 0 aliphatic carbocycles. The standard InChI is InChI=1S/C26H22ClN5O2S2/c1-32-26(35-23-13-14-28-22-15-18(27)9-12-21(22)23)36-25(31-32)30-24(33)29-16-17-7-10-20(11-8-17)34-19-5-3-2-4-6-19/h2-15,26H,16H2,1H3,(H2,29,30,31,33). The molecule has 182 valence electrons. The average molecular weight is 536 g/mol. The zero-order chi connectivity index (χ0) is 24.9. The monoisotopic (exact) mass is 535 g/mol. The number of carbonyl (C=O) groups is 1. The number of nitrogens with zero attached hydrogens (tertiary/aromatic N) is 3. The topological polar surface area (TPSA) is 78.9 Å². The maximum Gasteiger partial charge on any atom is 0.321 e. The van der Waals surface area contributed by atoms with E-state index in [0.717, 1.165) is 32.9 Å².